The molecule has 0 spiro atoms. The Morgan fingerprint density at radius 3 is 2.31 bits per heavy atom. The standard InChI is InChI=1S/C23H23ClN2O6/c24-19-21(16-7-3-1-4-8-16)32-26(22(19)27)15-18(31-17-9-5-2-6-10-17)20(23(28)29)25-11-13-30-14-12-25/h1-10,18,20H,11-15H2,(H,28,29). The number of carboxylic acid groups (broad SMARTS) is 1. The van der Waals surface area contributed by atoms with E-state index in [2.05, 4.69) is 0 Å². The van der Waals surface area contributed by atoms with Crippen molar-refractivity contribution >= 4 is 17.6 Å². The molecule has 0 aliphatic carbocycles. The van der Waals surface area contributed by atoms with Crippen LogP contribution in [0.25, 0.3) is 11.3 Å². The molecule has 1 saturated heterocycles. The van der Waals surface area contributed by atoms with Crippen molar-refractivity contribution in [2.45, 2.75) is 18.7 Å². The maximum absolute atomic E-state index is 12.8. The first kappa shape index (κ1) is 22.1. The third-order valence-electron chi connectivity index (χ3n) is 5.27. The highest BCUT2D eigenvalue weighted by Crippen LogP contribution is 2.26. The summed E-state index contributed by atoms with van der Waals surface area (Å²) in [5.41, 5.74) is 0.107. The SMILES string of the molecule is O=C(O)C(C(Cn1oc(-c2ccccc2)c(Cl)c1=O)Oc1ccccc1)N1CCOCC1. The van der Waals surface area contributed by atoms with E-state index in [-0.39, 0.29) is 17.3 Å². The second kappa shape index (κ2) is 10.0. The number of nitrogens with zero attached hydrogens (tertiary/aromatic N) is 2. The van der Waals surface area contributed by atoms with Gasteiger partial charge in [-0.15, -0.1) is 0 Å². The summed E-state index contributed by atoms with van der Waals surface area (Å²) in [5, 5.41) is 9.99. The molecule has 2 aromatic carbocycles. The summed E-state index contributed by atoms with van der Waals surface area (Å²) in [6.45, 7) is 1.59. The lowest BCUT2D eigenvalue weighted by Gasteiger charge is -2.36. The van der Waals surface area contributed by atoms with E-state index in [1.54, 1.807) is 41.3 Å². The zero-order valence-electron chi connectivity index (χ0n) is 17.2. The molecule has 0 bridgehead atoms. The molecule has 9 heteroatoms. The molecule has 2 unspecified atom stereocenters. The zero-order chi connectivity index (χ0) is 22.5. The number of para-hydroxylation sites is 1. The van der Waals surface area contributed by atoms with Crippen LogP contribution in [0.5, 0.6) is 5.75 Å². The average Bonchev–Trinajstić information content (AvgIpc) is 3.09. The summed E-state index contributed by atoms with van der Waals surface area (Å²) in [6, 6.07) is 16.9. The Morgan fingerprint density at radius 2 is 1.69 bits per heavy atom. The summed E-state index contributed by atoms with van der Waals surface area (Å²) in [6.07, 6.45) is -0.920. The van der Waals surface area contributed by atoms with E-state index in [0.717, 1.165) is 4.74 Å². The van der Waals surface area contributed by atoms with Crippen molar-refractivity contribution in [1.82, 2.24) is 9.64 Å². The molecule has 168 valence electrons. The first-order valence-corrected chi connectivity index (χ1v) is 10.6. The Balaban J connectivity index is 1.69. The lowest BCUT2D eigenvalue weighted by Crippen LogP contribution is -2.56. The fourth-order valence-electron chi connectivity index (χ4n) is 3.73. The van der Waals surface area contributed by atoms with Crippen molar-refractivity contribution < 1.29 is 23.9 Å². The molecular weight excluding hydrogens is 436 g/mol. The number of morpholine rings is 1. The Morgan fingerprint density at radius 1 is 1.06 bits per heavy atom. The smallest absolute Gasteiger partial charge is 0.324 e. The largest absolute Gasteiger partial charge is 0.486 e. The van der Waals surface area contributed by atoms with Crippen LogP contribution in [-0.4, -0.2) is 59.2 Å². The van der Waals surface area contributed by atoms with Crippen LogP contribution in [0.1, 0.15) is 0 Å². The minimum atomic E-state index is -1.05. The summed E-state index contributed by atoms with van der Waals surface area (Å²) < 4.78 is 18.3. The zero-order valence-corrected chi connectivity index (χ0v) is 18.0. The van der Waals surface area contributed by atoms with Crippen LogP contribution in [0.4, 0.5) is 0 Å². The molecule has 1 aliphatic heterocycles. The average molecular weight is 459 g/mol. The van der Waals surface area contributed by atoms with Gasteiger partial charge in [0, 0.05) is 18.7 Å². The maximum atomic E-state index is 12.8. The third kappa shape index (κ3) is 4.88. The van der Waals surface area contributed by atoms with Gasteiger partial charge in [-0.05, 0) is 12.1 Å². The lowest BCUT2D eigenvalue weighted by atomic mass is 10.1. The molecule has 0 radical (unpaired) electrons. The monoisotopic (exact) mass is 458 g/mol. The molecule has 3 aromatic rings. The summed E-state index contributed by atoms with van der Waals surface area (Å²) >= 11 is 6.27. The lowest BCUT2D eigenvalue weighted by molar-refractivity contribution is -0.150. The van der Waals surface area contributed by atoms with Gasteiger partial charge in [-0.1, -0.05) is 60.1 Å². The van der Waals surface area contributed by atoms with E-state index in [9.17, 15) is 14.7 Å². The highest BCUT2D eigenvalue weighted by Gasteiger charge is 2.37. The third-order valence-corrected chi connectivity index (χ3v) is 5.61. The number of rotatable bonds is 8. The number of carbonyl (C=O) groups is 1. The molecule has 1 N–H and O–H groups in total. The van der Waals surface area contributed by atoms with E-state index in [1.807, 2.05) is 24.3 Å². The van der Waals surface area contributed by atoms with Gasteiger partial charge in [-0.25, -0.2) is 0 Å². The molecule has 0 amide bonds. The highest BCUT2D eigenvalue weighted by molar-refractivity contribution is 6.32. The van der Waals surface area contributed by atoms with Crippen molar-refractivity contribution in [1.29, 1.82) is 0 Å². The molecule has 1 fully saturated rings. The highest BCUT2D eigenvalue weighted by atomic mass is 35.5. The predicted molar refractivity (Wildman–Crippen MR) is 118 cm³/mol. The van der Waals surface area contributed by atoms with Gasteiger partial charge < -0.3 is 19.1 Å². The second-order valence-corrected chi connectivity index (χ2v) is 7.75. The van der Waals surface area contributed by atoms with Gasteiger partial charge in [0.1, 0.15) is 17.9 Å². The molecule has 32 heavy (non-hydrogen) atoms. The van der Waals surface area contributed by atoms with Crippen molar-refractivity contribution in [3.8, 4) is 17.1 Å². The van der Waals surface area contributed by atoms with Gasteiger partial charge in [0.2, 0.25) is 0 Å². The number of halogens is 1. The predicted octanol–water partition coefficient (Wildman–Crippen LogP) is 2.99. The van der Waals surface area contributed by atoms with E-state index >= 15 is 0 Å². The van der Waals surface area contributed by atoms with Crippen LogP contribution in [-0.2, 0) is 16.1 Å². The number of hydrogen-bond donors (Lipinski definition) is 1. The van der Waals surface area contributed by atoms with E-state index in [1.165, 1.54) is 0 Å². The molecule has 8 nitrogen and oxygen atoms in total. The van der Waals surface area contributed by atoms with Crippen LogP contribution in [0.3, 0.4) is 0 Å². The maximum Gasteiger partial charge on any atom is 0.324 e. The first-order chi connectivity index (χ1) is 15.5. The summed E-state index contributed by atoms with van der Waals surface area (Å²) in [5.74, 6) is -0.332. The van der Waals surface area contributed by atoms with E-state index in [0.29, 0.717) is 37.6 Å². The van der Waals surface area contributed by atoms with Crippen molar-refractivity contribution in [2.24, 2.45) is 0 Å². The number of hydrogen-bond acceptors (Lipinski definition) is 6. The summed E-state index contributed by atoms with van der Waals surface area (Å²) in [4.78, 5) is 26.9. The Labute approximate surface area is 189 Å². The van der Waals surface area contributed by atoms with Gasteiger partial charge >= 0.3 is 11.5 Å². The Hall–Kier alpha value is -3.07. The van der Waals surface area contributed by atoms with Gasteiger partial charge in [0.15, 0.2) is 10.8 Å². The van der Waals surface area contributed by atoms with Crippen LogP contribution in [0.15, 0.2) is 70.0 Å². The number of aliphatic carboxylic acids is 1. The molecule has 2 heterocycles. The number of carboxylic acids is 1. The van der Waals surface area contributed by atoms with Gasteiger partial charge in [-0.3, -0.25) is 14.5 Å². The second-order valence-electron chi connectivity index (χ2n) is 7.37. The van der Waals surface area contributed by atoms with Crippen molar-refractivity contribution in [3.05, 3.63) is 76.0 Å². The fraction of sp³-hybridized carbons (Fsp3) is 0.304. The van der Waals surface area contributed by atoms with Crippen LogP contribution >= 0.6 is 11.6 Å². The van der Waals surface area contributed by atoms with E-state index < -0.39 is 23.7 Å². The van der Waals surface area contributed by atoms with Crippen molar-refractivity contribution in [2.75, 3.05) is 26.3 Å². The molecule has 0 saturated carbocycles. The molecule has 1 aliphatic rings. The Bertz CT molecular complexity index is 1090. The molecular formula is C23H23ClN2O6. The van der Waals surface area contributed by atoms with Crippen molar-refractivity contribution in [3.63, 3.8) is 0 Å². The minimum absolute atomic E-state index is 0.0621. The quantitative estimate of drug-likeness (QED) is 0.554. The van der Waals surface area contributed by atoms with Crippen LogP contribution < -0.4 is 10.3 Å². The van der Waals surface area contributed by atoms with Gasteiger partial charge in [0.05, 0.1) is 19.8 Å². The Kier molecular flexibility index (Phi) is 6.94. The number of benzene rings is 2. The van der Waals surface area contributed by atoms with Gasteiger partial charge in [0.25, 0.3) is 0 Å². The molecule has 2 atom stereocenters. The first-order valence-electron chi connectivity index (χ1n) is 10.3. The number of aromatic nitrogens is 1. The van der Waals surface area contributed by atoms with Gasteiger partial charge in [-0.2, -0.15) is 4.74 Å². The molecule has 4 rings (SSSR count). The fourth-order valence-corrected chi connectivity index (χ4v) is 3.97. The normalized spacial score (nSPS) is 16.4. The minimum Gasteiger partial charge on any atom is -0.486 e. The topological polar surface area (TPSA) is 94.1 Å². The van der Waals surface area contributed by atoms with E-state index in [4.69, 9.17) is 25.6 Å². The molecule has 1 aromatic heterocycles. The van der Waals surface area contributed by atoms with Crippen LogP contribution in [0, 0.1) is 0 Å². The van der Waals surface area contributed by atoms with Crippen LogP contribution in [0.2, 0.25) is 5.02 Å². The number of ether oxygens (including phenoxy) is 2. The summed E-state index contributed by atoms with van der Waals surface area (Å²) in [7, 11) is 0.